The van der Waals surface area contributed by atoms with Crippen molar-refractivity contribution in [1.82, 2.24) is 0 Å². The van der Waals surface area contributed by atoms with Gasteiger partial charge in [0.2, 0.25) is 5.78 Å². The van der Waals surface area contributed by atoms with Crippen molar-refractivity contribution in [3.05, 3.63) is 62.1 Å². The monoisotopic (exact) mass is 554 g/mol. The molecular formula is C26H26N4O10. The van der Waals surface area contributed by atoms with Crippen molar-refractivity contribution in [2.45, 2.75) is 31.4 Å². The molecule has 40 heavy (non-hydrogen) atoms. The maximum absolute atomic E-state index is 13.7. The Morgan fingerprint density at radius 1 is 1.25 bits per heavy atom. The number of furan rings is 1. The van der Waals surface area contributed by atoms with Gasteiger partial charge in [-0.25, -0.2) is 0 Å². The number of carbonyl (C=O) groups excluding carboxylic acids is 3. The Kier molecular flexibility index (Phi) is 6.10. The van der Waals surface area contributed by atoms with Crippen LogP contribution in [0.3, 0.4) is 0 Å². The largest absolute Gasteiger partial charge is 0.508 e. The summed E-state index contributed by atoms with van der Waals surface area (Å²) in [6, 6.07) is 4.19. The lowest BCUT2D eigenvalue weighted by atomic mass is 9.59. The van der Waals surface area contributed by atoms with Gasteiger partial charge in [0.05, 0.1) is 23.9 Å². The number of primary amides is 1. The van der Waals surface area contributed by atoms with Crippen LogP contribution in [0.1, 0.15) is 29.7 Å². The highest BCUT2D eigenvalue weighted by atomic mass is 16.6. The number of nitrogens with one attached hydrogen (secondary N) is 1. The number of nitrogens with two attached hydrogens (primary N) is 1. The topological polar surface area (TPSA) is 230 Å². The molecule has 0 unspecified atom stereocenters. The van der Waals surface area contributed by atoms with E-state index in [1.54, 1.807) is 25.1 Å². The van der Waals surface area contributed by atoms with Crippen LogP contribution in [-0.4, -0.2) is 62.5 Å². The number of anilines is 2. The molecule has 0 bridgehead atoms. The molecule has 5 rings (SSSR count). The fraction of sp³-hybridized carbons (Fsp3) is 0.346. The first-order valence-corrected chi connectivity index (χ1v) is 12.3. The predicted molar refractivity (Wildman–Crippen MR) is 138 cm³/mol. The molecule has 1 saturated carbocycles. The van der Waals surface area contributed by atoms with E-state index in [4.69, 9.17) is 10.2 Å². The Labute approximate surface area is 226 Å². The van der Waals surface area contributed by atoms with Gasteiger partial charge in [-0.15, -0.1) is 0 Å². The quantitative estimate of drug-likeness (QED) is 0.129. The van der Waals surface area contributed by atoms with Crippen LogP contribution in [0, 0.1) is 22.0 Å². The normalized spacial score (nSPS) is 23.9. The third kappa shape index (κ3) is 3.78. The van der Waals surface area contributed by atoms with Crippen LogP contribution in [0.25, 0.3) is 5.76 Å². The summed E-state index contributed by atoms with van der Waals surface area (Å²) in [7, 11) is 3.47. The number of fused-ring (bicyclic) bond motifs is 3. The number of rotatable bonds is 6. The van der Waals surface area contributed by atoms with E-state index in [1.807, 2.05) is 0 Å². The number of phenols is 1. The van der Waals surface area contributed by atoms with Crippen LogP contribution in [0.5, 0.6) is 5.75 Å². The molecule has 1 fully saturated rings. The minimum absolute atomic E-state index is 0.0216. The number of hydrogen-bond donors (Lipinski definition) is 6. The van der Waals surface area contributed by atoms with Crippen molar-refractivity contribution in [3.8, 4) is 5.75 Å². The zero-order valence-electron chi connectivity index (χ0n) is 21.4. The molecule has 1 amide bonds. The lowest BCUT2D eigenvalue weighted by molar-refractivity contribution is -0.402. The van der Waals surface area contributed by atoms with Crippen LogP contribution in [0.4, 0.5) is 17.3 Å². The molecule has 0 spiro atoms. The maximum Gasteiger partial charge on any atom is 0.433 e. The second-order valence-electron chi connectivity index (χ2n) is 10.3. The molecule has 7 N–H and O–H groups in total. The average molecular weight is 555 g/mol. The fourth-order valence-electron chi connectivity index (χ4n) is 5.95. The molecule has 14 nitrogen and oxygen atoms in total. The molecular weight excluding hydrogens is 528 g/mol. The number of phenolic OH excluding ortho intramolecular Hbond substituents is 1. The Morgan fingerprint density at radius 2 is 1.95 bits per heavy atom. The summed E-state index contributed by atoms with van der Waals surface area (Å²) in [6.07, 6.45) is -0.227. The van der Waals surface area contributed by atoms with E-state index in [1.165, 1.54) is 12.1 Å². The van der Waals surface area contributed by atoms with Gasteiger partial charge in [-0.05, 0) is 36.5 Å². The summed E-state index contributed by atoms with van der Waals surface area (Å²) in [5.41, 5.74) is 2.58. The molecule has 2 aromatic rings. The van der Waals surface area contributed by atoms with Crippen molar-refractivity contribution in [2.24, 2.45) is 17.6 Å². The summed E-state index contributed by atoms with van der Waals surface area (Å²) >= 11 is 0. The lowest BCUT2D eigenvalue weighted by Crippen LogP contribution is -2.58. The molecule has 3 aliphatic rings. The van der Waals surface area contributed by atoms with Crippen molar-refractivity contribution in [3.63, 3.8) is 0 Å². The number of Topliss-reactive ketones (excluding diaryl/α,β-unsaturated/α-hetero) is 2. The Hall–Kier alpha value is -4.85. The SMILES string of the molecule is CN(C)c1cc(NCc2ccc([N+](=O)[O-])o2)c(O)c2c1C[C@H]1C[C@H]3CC(=O)C(C(N)=O)=C(O)[C@@]3(O)C(=O)C1=C2O. The van der Waals surface area contributed by atoms with Crippen LogP contribution in [0.15, 0.2) is 39.5 Å². The summed E-state index contributed by atoms with van der Waals surface area (Å²) in [5, 5.41) is 58.5. The minimum atomic E-state index is -2.65. The number of nitrogens with zero attached hydrogens (tertiary/aromatic N) is 2. The third-order valence-electron chi connectivity index (χ3n) is 7.80. The van der Waals surface area contributed by atoms with E-state index < -0.39 is 75.0 Å². The molecule has 3 aliphatic carbocycles. The van der Waals surface area contributed by atoms with Gasteiger partial charge in [0, 0.05) is 37.7 Å². The van der Waals surface area contributed by atoms with Crippen molar-refractivity contribution in [2.75, 3.05) is 24.3 Å². The lowest BCUT2D eigenvalue weighted by Gasteiger charge is -2.46. The van der Waals surface area contributed by atoms with E-state index in [0.29, 0.717) is 11.3 Å². The van der Waals surface area contributed by atoms with Gasteiger partial charge >= 0.3 is 5.88 Å². The number of hydrogen-bond acceptors (Lipinski definition) is 12. The van der Waals surface area contributed by atoms with Crippen molar-refractivity contribution in [1.29, 1.82) is 0 Å². The van der Waals surface area contributed by atoms with Crippen LogP contribution in [-0.2, 0) is 27.3 Å². The van der Waals surface area contributed by atoms with E-state index in [2.05, 4.69) is 5.32 Å². The van der Waals surface area contributed by atoms with E-state index in [0.717, 1.165) is 0 Å². The Balaban J connectivity index is 1.61. The number of aliphatic hydroxyl groups is 3. The van der Waals surface area contributed by atoms with Crippen LogP contribution in [0.2, 0.25) is 0 Å². The summed E-state index contributed by atoms with van der Waals surface area (Å²) in [6.45, 7) is -0.0596. The Morgan fingerprint density at radius 3 is 2.55 bits per heavy atom. The third-order valence-corrected chi connectivity index (χ3v) is 7.80. The van der Waals surface area contributed by atoms with Crippen LogP contribution >= 0.6 is 0 Å². The number of amides is 1. The van der Waals surface area contributed by atoms with Gasteiger partial charge < -0.3 is 40.8 Å². The van der Waals surface area contributed by atoms with Crippen molar-refractivity contribution >= 4 is 40.5 Å². The smallest absolute Gasteiger partial charge is 0.433 e. The van der Waals surface area contributed by atoms with Crippen LogP contribution < -0.4 is 16.0 Å². The predicted octanol–water partition coefficient (Wildman–Crippen LogP) is 1.60. The molecule has 0 saturated heterocycles. The second-order valence-corrected chi connectivity index (χ2v) is 10.3. The molecule has 0 radical (unpaired) electrons. The number of nitro groups is 1. The number of aliphatic hydroxyl groups excluding tert-OH is 2. The van der Waals surface area contributed by atoms with E-state index >= 15 is 0 Å². The zero-order valence-corrected chi connectivity index (χ0v) is 21.4. The number of ketones is 2. The second kappa shape index (κ2) is 9.12. The highest BCUT2D eigenvalue weighted by Gasteiger charge is 2.60. The minimum Gasteiger partial charge on any atom is -0.508 e. The maximum atomic E-state index is 13.7. The Bertz CT molecular complexity index is 1570. The number of carbonyl (C=O) groups is 3. The number of aromatic hydroxyl groups is 1. The standard InChI is InChI=1S/C26H26N4O10/c1-29(2)15-8-14(28-9-12-3-4-17(40-12)30(38)39)21(32)19-13(15)6-10-5-11-7-16(31)20(25(27)36)24(35)26(11,37)23(34)18(10)22(19)33/h3-4,8,10-11,28,32-33,35,37H,5-7,9H2,1-2H3,(H2,27,36)/t10-,11+,26+/m1/s1. The van der Waals surface area contributed by atoms with Gasteiger partial charge in [0.1, 0.15) is 33.5 Å². The molecule has 14 heteroatoms. The fourth-order valence-corrected chi connectivity index (χ4v) is 5.95. The molecule has 1 aromatic carbocycles. The summed E-state index contributed by atoms with van der Waals surface area (Å²) < 4.78 is 5.14. The first kappa shape index (κ1) is 26.7. The van der Waals surface area contributed by atoms with E-state index in [-0.39, 0.29) is 42.0 Å². The van der Waals surface area contributed by atoms with Crippen molar-refractivity contribution < 1.29 is 44.2 Å². The van der Waals surface area contributed by atoms with Gasteiger partial charge in [0.25, 0.3) is 5.91 Å². The first-order chi connectivity index (χ1) is 18.8. The summed E-state index contributed by atoms with van der Waals surface area (Å²) in [5.74, 6) is -7.34. The molecule has 3 atom stereocenters. The zero-order chi connectivity index (χ0) is 29.3. The van der Waals surface area contributed by atoms with E-state index in [9.17, 15) is 44.9 Å². The summed E-state index contributed by atoms with van der Waals surface area (Å²) in [4.78, 5) is 50.0. The first-order valence-electron chi connectivity index (χ1n) is 12.3. The molecule has 210 valence electrons. The molecule has 1 heterocycles. The average Bonchev–Trinajstić information content (AvgIpc) is 3.35. The molecule has 1 aromatic heterocycles. The van der Waals surface area contributed by atoms with Gasteiger partial charge in [0.15, 0.2) is 11.4 Å². The van der Waals surface area contributed by atoms with Gasteiger partial charge in [-0.2, -0.15) is 0 Å². The van der Waals surface area contributed by atoms with Gasteiger partial charge in [-0.3, -0.25) is 24.5 Å². The highest BCUT2D eigenvalue weighted by molar-refractivity contribution is 6.22. The number of benzene rings is 1. The highest BCUT2D eigenvalue weighted by Crippen LogP contribution is 2.54. The van der Waals surface area contributed by atoms with Gasteiger partial charge in [-0.1, -0.05) is 0 Å². The molecule has 0 aliphatic heterocycles.